The summed E-state index contributed by atoms with van der Waals surface area (Å²) in [6, 6.07) is 16.8. The molecule has 0 N–H and O–H groups in total. The van der Waals surface area contributed by atoms with Crippen molar-refractivity contribution in [1.82, 2.24) is 4.98 Å². The Morgan fingerprint density at radius 2 is 1.83 bits per heavy atom. The highest BCUT2D eigenvalue weighted by molar-refractivity contribution is 6.30. The molecule has 0 spiro atoms. The van der Waals surface area contributed by atoms with Crippen molar-refractivity contribution in [2.45, 2.75) is 13.8 Å². The van der Waals surface area contributed by atoms with E-state index in [0.717, 1.165) is 22.2 Å². The third kappa shape index (κ3) is 3.57. The molecule has 1 aromatic heterocycles. The second-order valence-electron chi connectivity index (χ2n) is 6.07. The van der Waals surface area contributed by atoms with Crippen LogP contribution >= 0.6 is 11.6 Å². The van der Waals surface area contributed by atoms with Gasteiger partial charge in [-0.25, -0.2) is 9.78 Å². The lowest BCUT2D eigenvalue weighted by Gasteiger charge is -2.11. The maximum absolute atomic E-state index is 12.5. The molecule has 0 aliphatic rings. The Morgan fingerprint density at radius 1 is 1.12 bits per heavy atom. The van der Waals surface area contributed by atoms with Gasteiger partial charge in [-0.15, -0.1) is 0 Å². The van der Waals surface area contributed by atoms with Gasteiger partial charge in [0, 0.05) is 16.0 Å². The average molecular weight is 340 g/mol. The van der Waals surface area contributed by atoms with Gasteiger partial charge in [0.05, 0.1) is 23.4 Å². The Morgan fingerprint density at radius 3 is 2.54 bits per heavy atom. The number of nitrogens with zero attached hydrogens (tertiary/aromatic N) is 1. The van der Waals surface area contributed by atoms with Crippen LogP contribution in [0.5, 0.6) is 0 Å². The first-order valence-electron chi connectivity index (χ1n) is 7.87. The van der Waals surface area contributed by atoms with Gasteiger partial charge in [-0.2, -0.15) is 0 Å². The number of carbonyl (C=O) groups excluding carboxylic acids is 1. The van der Waals surface area contributed by atoms with Crippen molar-refractivity contribution in [3.05, 3.63) is 65.2 Å². The number of aromatic nitrogens is 1. The number of hydrogen-bond acceptors (Lipinski definition) is 3. The normalized spacial score (nSPS) is 11.0. The molecule has 24 heavy (non-hydrogen) atoms. The molecular formula is C20H18ClNO2. The second-order valence-corrected chi connectivity index (χ2v) is 6.51. The molecule has 3 aromatic rings. The van der Waals surface area contributed by atoms with Gasteiger partial charge in [0.1, 0.15) is 0 Å². The average Bonchev–Trinajstić information content (AvgIpc) is 2.59. The van der Waals surface area contributed by atoms with Crippen LogP contribution in [0.3, 0.4) is 0 Å². The zero-order valence-electron chi connectivity index (χ0n) is 13.6. The molecule has 0 fully saturated rings. The molecule has 0 saturated carbocycles. The smallest absolute Gasteiger partial charge is 0.338 e. The van der Waals surface area contributed by atoms with E-state index in [-0.39, 0.29) is 11.9 Å². The summed E-state index contributed by atoms with van der Waals surface area (Å²) >= 11 is 5.95. The summed E-state index contributed by atoms with van der Waals surface area (Å²) in [6.07, 6.45) is 0. The van der Waals surface area contributed by atoms with E-state index in [0.29, 0.717) is 17.2 Å². The molecule has 0 atom stereocenters. The van der Waals surface area contributed by atoms with Gasteiger partial charge < -0.3 is 4.74 Å². The zero-order chi connectivity index (χ0) is 17.1. The third-order valence-corrected chi connectivity index (χ3v) is 3.88. The molecule has 0 radical (unpaired) electrons. The first kappa shape index (κ1) is 16.5. The van der Waals surface area contributed by atoms with Gasteiger partial charge in [0.2, 0.25) is 0 Å². The van der Waals surface area contributed by atoms with E-state index >= 15 is 0 Å². The van der Waals surface area contributed by atoms with Crippen LogP contribution in [0.25, 0.3) is 22.2 Å². The number of hydrogen-bond donors (Lipinski definition) is 0. The number of halogens is 1. The summed E-state index contributed by atoms with van der Waals surface area (Å²) in [4.78, 5) is 17.2. The van der Waals surface area contributed by atoms with E-state index in [9.17, 15) is 4.79 Å². The molecule has 1 heterocycles. The van der Waals surface area contributed by atoms with Gasteiger partial charge in [-0.3, -0.25) is 0 Å². The Labute approximate surface area is 146 Å². The molecule has 4 heteroatoms. The van der Waals surface area contributed by atoms with Crippen molar-refractivity contribution >= 4 is 28.5 Å². The van der Waals surface area contributed by atoms with Crippen molar-refractivity contribution in [3.63, 3.8) is 0 Å². The lowest BCUT2D eigenvalue weighted by atomic mass is 10.0. The van der Waals surface area contributed by atoms with E-state index in [1.807, 2.05) is 62.4 Å². The lowest BCUT2D eigenvalue weighted by molar-refractivity contribution is 0.0461. The largest absolute Gasteiger partial charge is 0.462 e. The monoisotopic (exact) mass is 339 g/mol. The number of pyridine rings is 1. The predicted octanol–water partition coefficient (Wildman–Crippen LogP) is 5.37. The van der Waals surface area contributed by atoms with E-state index in [4.69, 9.17) is 16.3 Å². The predicted molar refractivity (Wildman–Crippen MR) is 97.3 cm³/mol. The van der Waals surface area contributed by atoms with Crippen LogP contribution in [0.4, 0.5) is 0 Å². The van der Waals surface area contributed by atoms with Crippen molar-refractivity contribution in [2.75, 3.05) is 6.61 Å². The number of carbonyl (C=O) groups is 1. The Balaban J connectivity index is 2.09. The number of benzene rings is 2. The quantitative estimate of drug-likeness (QED) is 0.600. The highest BCUT2D eigenvalue weighted by Gasteiger charge is 2.15. The SMILES string of the molecule is CC(C)COC(=O)c1cc(-c2ccc(Cl)cc2)nc2ccccc12. The minimum Gasteiger partial charge on any atom is -0.462 e. The van der Waals surface area contributed by atoms with Gasteiger partial charge in [0.25, 0.3) is 0 Å². The molecule has 0 saturated heterocycles. The standard InChI is InChI=1S/C20H18ClNO2/c1-13(2)12-24-20(23)17-11-19(14-7-9-15(21)10-8-14)22-18-6-4-3-5-16(17)18/h3-11,13H,12H2,1-2H3. The van der Waals surface area contributed by atoms with Gasteiger partial charge in [-0.1, -0.05) is 55.8 Å². The topological polar surface area (TPSA) is 39.2 Å². The fraction of sp³-hybridized carbons (Fsp3) is 0.200. The van der Waals surface area contributed by atoms with Crippen LogP contribution in [0, 0.1) is 5.92 Å². The Kier molecular flexibility index (Phi) is 4.81. The van der Waals surface area contributed by atoms with E-state index in [1.54, 1.807) is 6.07 Å². The van der Waals surface area contributed by atoms with Crippen LogP contribution in [-0.4, -0.2) is 17.6 Å². The molecule has 0 bridgehead atoms. The number of rotatable bonds is 4. The highest BCUT2D eigenvalue weighted by atomic mass is 35.5. The number of ether oxygens (including phenoxy) is 1. The van der Waals surface area contributed by atoms with Crippen molar-refractivity contribution in [2.24, 2.45) is 5.92 Å². The molecular weight excluding hydrogens is 322 g/mol. The van der Waals surface area contributed by atoms with Gasteiger partial charge in [0.15, 0.2) is 0 Å². The maximum Gasteiger partial charge on any atom is 0.338 e. The van der Waals surface area contributed by atoms with Gasteiger partial charge >= 0.3 is 5.97 Å². The van der Waals surface area contributed by atoms with E-state index in [2.05, 4.69) is 4.98 Å². The number of para-hydroxylation sites is 1. The maximum atomic E-state index is 12.5. The fourth-order valence-electron chi connectivity index (χ4n) is 2.43. The molecule has 0 unspecified atom stereocenters. The first-order valence-corrected chi connectivity index (χ1v) is 8.25. The summed E-state index contributed by atoms with van der Waals surface area (Å²) in [5, 5.41) is 1.46. The minimum atomic E-state index is -0.322. The lowest BCUT2D eigenvalue weighted by Crippen LogP contribution is -2.11. The van der Waals surface area contributed by atoms with Gasteiger partial charge in [-0.05, 0) is 30.2 Å². The Bertz CT molecular complexity index is 872. The molecule has 0 aliphatic carbocycles. The molecule has 122 valence electrons. The van der Waals surface area contributed by atoms with Crippen LogP contribution in [0.2, 0.25) is 5.02 Å². The van der Waals surface area contributed by atoms with Crippen LogP contribution in [0.1, 0.15) is 24.2 Å². The summed E-state index contributed by atoms with van der Waals surface area (Å²) in [5.74, 6) is -0.0321. The van der Waals surface area contributed by atoms with Crippen molar-refractivity contribution < 1.29 is 9.53 Å². The third-order valence-electron chi connectivity index (χ3n) is 3.62. The number of fused-ring (bicyclic) bond motifs is 1. The zero-order valence-corrected chi connectivity index (χ0v) is 14.4. The molecule has 2 aromatic carbocycles. The molecule has 3 rings (SSSR count). The molecule has 0 amide bonds. The number of esters is 1. The fourth-order valence-corrected chi connectivity index (χ4v) is 2.56. The van der Waals surface area contributed by atoms with E-state index < -0.39 is 0 Å². The van der Waals surface area contributed by atoms with Crippen molar-refractivity contribution in [1.29, 1.82) is 0 Å². The summed E-state index contributed by atoms with van der Waals surface area (Å²) in [6.45, 7) is 4.42. The van der Waals surface area contributed by atoms with Crippen molar-refractivity contribution in [3.8, 4) is 11.3 Å². The van der Waals surface area contributed by atoms with Crippen LogP contribution in [0.15, 0.2) is 54.6 Å². The minimum absolute atomic E-state index is 0.290. The first-order chi connectivity index (χ1) is 11.5. The van der Waals surface area contributed by atoms with Crippen LogP contribution < -0.4 is 0 Å². The molecule has 3 nitrogen and oxygen atoms in total. The summed E-state index contributed by atoms with van der Waals surface area (Å²) < 4.78 is 5.42. The summed E-state index contributed by atoms with van der Waals surface area (Å²) in [5.41, 5.74) is 2.93. The van der Waals surface area contributed by atoms with E-state index in [1.165, 1.54) is 0 Å². The van der Waals surface area contributed by atoms with Crippen LogP contribution in [-0.2, 0) is 4.74 Å². The highest BCUT2D eigenvalue weighted by Crippen LogP contribution is 2.26. The summed E-state index contributed by atoms with van der Waals surface area (Å²) in [7, 11) is 0. The molecule has 0 aliphatic heterocycles. The Hall–Kier alpha value is -2.39. The second kappa shape index (κ2) is 7.02.